The highest BCUT2D eigenvalue weighted by Crippen LogP contribution is 2.38. The third kappa shape index (κ3) is 5.05. The summed E-state index contributed by atoms with van der Waals surface area (Å²) in [5.41, 5.74) is 8.16. The fourth-order valence-electron chi connectivity index (χ4n) is 4.18. The molecule has 0 atom stereocenters. The minimum atomic E-state index is -4.18. The Morgan fingerprint density at radius 3 is 2.28 bits per heavy atom. The molecule has 1 amide bonds. The molecule has 1 saturated carbocycles. The van der Waals surface area contributed by atoms with Gasteiger partial charge in [0.1, 0.15) is 6.17 Å². The van der Waals surface area contributed by atoms with Gasteiger partial charge in [0.15, 0.2) is 0 Å². The number of rotatable bonds is 4. The third-order valence-corrected chi connectivity index (χ3v) is 5.97. The molecule has 0 spiro atoms. The molecule has 1 aliphatic heterocycles. The number of nitrogens with two attached hydrogens (primary N) is 1. The standard InChI is InChI=1S/C20H28F4N4O/c1-26-17-11-18(28-8-6-13(21)7-9-28)15(10-16(17)25)19(29)27-14-4-2-12(3-5-14)20(22,23)24/h10-14,26H,2-9,25H2,1H3,(H,27,29)/t12-,14-. The molecule has 1 aliphatic carbocycles. The lowest BCUT2D eigenvalue weighted by molar-refractivity contribution is -0.182. The molecule has 162 valence electrons. The summed E-state index contributed by atoms with van der Waals surface area (Å²) in [7, 11) is 1.72. The summed E-state index contributed by atoms with van der Waals surface area (Å²) >= 11 is 0. The first kappa shape index (κ1) is 21.5. The van der Waals surface area contributed by atoms with Crippen molar-refractivity contribution in [3.63, 3.8) is 0 Å². The van der Waals surface area contributed by atoms with Crippen LogP contribution in [-0.2, 0) is 0 Å². The van der Waals surface area contributed by atoms with Crippen LogP contribution in [0.5, 0.6) is 0 Å². The van der Waals surface area contributed by atoms with Crippen LogP contribution in [0.4, 0.5) is 34.6 Å². The molecule has 3 rings (SSSR count). The van der Waals surface area contributed by atoms with Gasteiger partial charge in [-0.05, 0) is 50.7 Å². The van der Waals surface area contributed by atoms with E-state index in [2.05, 4.69) is 10.6 Å². The zero-order valence-electron chi connectivity index (χ0n) is 16.5. The van der Waals surface area contributed by atoms with Crippen molar-refractivity contribution in [1.82, 2.24) is 5.32 Å². The SMILES string of the molecule is CNc1cc(N2CCC(F)CC2)c(C(=O)N[C@H]2CC[C@H](C(F)(F)F)CC2)cc1N. The normalized spacial score (nSPS) is 23.7. The second-order valence-electron chi connectivity index (χ2n) is 7.93. The molecule has 0 bridgehead atoms. The molecule has 1 saturated heterocycles. The van der Waals surface area contributed by atoms with Gasteiger partial charge in [-0.15, -0.1) is 0 Å². The zero-order chi connectivity index (χ0) is 21.2. The number of hydrogen-bond donors (Lipinski definition) is 3. The number of nitrogens with one attached hydrogen (secondary N) is 2. The molecule has 2 aliphatic rings. The molecule has 9 heteroatoms. The van der Waals surface area contributed by atoms with E-state index in [0.717, 1.165) is 0 Å². The maximum atomic E-state index is 13.5. The molecular weight excluding hydrogens is 388 g/mol. The summed E-state index contributed by atoms with van der Waals surface area (Å²) in [4.78, 5) is 14.9. The van der Waals surface area contributed by atoms with Gasteiger partial charge in [0.25, 0.3) is 5.91 Å². The van der Waals surface area contributed by atoms with E-state index >= 15 is 0 Å². The molecule has 2 fully saturated rings. The van der Waals surface area contributed by atoms with Gasteiger partial charge in [-0.25, -0.2) is 4.39 Å². The number of nitrogens with zero attached hydrogens (tertiary/aromatic N) is 1. The van der Waals surface area contributed by atoms with Crippen LogP contribution in [-0.4, -0.2) is 44.4 Å². The third-order valence-electron chi connectivity index (χ3n) is 5.97. The largest absolute Gasteiger partial charge is 0.397 e. The van der Waals surface area contributed by atoms with Gasteiger partial charge in [-0.3, -0.25) is 4.79 Å². The van der Waals surface area contributed by atoms with Crippen molar-refractivity contribution in [3.8, 4) is 0 Å². The molecule has 0 aromatic heterocycles. The van der Waals surface area contributed by atoms with E-state index in [4.69, 9.17) is 5.73 Å². The monoisotopic (exact) mass is 416 g/mol. The van der Waals surface area contributed by atoms with E-state index in [1.54, 1.807) is 19.2 Å². The number of benzene rings is 1. The molecule has 5 nitrogen and oxygen atoms in total. The molecule has 0 radical (unpaired) electrons. The summed E-state index contributed by atoms with van der Waals surface area (Å²) in [5.74, 6) is -1.65. The van der Waals surface area contributed by atoms with Crippen molar-refractivity contribution in [1.29, 1.82) is 0 Å². The Hall–Kier alpha value is -2.19. The van der Waals surface area contributed by atoms with Crippen molar-refractivity contribution in [2.45, 2.75) is 56.9 Å². The molecule has 1 aromatic carbocycles. The topological polar surface area (TPSA) is 70.4 Å². The van der Waals surface area contributed by atoms with Crippen LogP contribution in [0.1, 0.15) is 48.9 Å². The van der Waals surface area contributed by atoms with Crippen LogP contribution in [0.3, 0.4) is 0 Å². The number of nitrogen functional groups attached to an aromatic ring is 1. The van der Waals surface area contributed by atoms with Crippen molar-refractivity contribution >= 4 is 23.0 Å². The second kappa shape index (κ2) is 8.67. The Labute approximate surface area is 168 Å². The number of halogens is 4. The summed E-state index contributed by atoms with van der Waals surface area (Å²) in [5, 5.41) is 5.86. The molecule has 0 unspecified atom stereocenters. The highest BCUT2D eigenvalue weighted by Gasteiger charge is 2.41. The van der Waals surface area contributed by atoms with E-state index in [1.165, 1.54) is 0 Å². The molecule has 1 aromatic rings. The Bertz CT molecular complexity index is 724. The summed E-state index contributed by atoms with van der Waals surface area (Å²) in [6, 6.07) is 3.07. The lowest BCUT2D eigenvalue weighted by Gasteiger charge is -2.33. The van der Waals surface area contributed by atoms with Crippen molar-refractivity contribution in [3.05, 3.63) is 17.7 Å². The number of anilines is 3. The minimum Gasteiger partial charge on any atom is -0.397 e. The Balaban J connectivity index is 1.75. The summed E-state index contributed by atoms with van der Waals surface area (Å²) in [6.07, 6.45) is -3.61. The average Bonchev–Trinajstić information content (AvgIpc) is 2.68. The van der Waals surface area contributed by atoms with Crippen LogP contribution in [0, 0.1) is 5.92 Å². The van der Waals surface area contributed by atoms with E-state index < -0.39 is 18.3 Å². The number of amides is 1. The highest BCUT2D eigenvalue weighted by atomic mass is 19.4. The number of piperidine rings is 1. The lowest BCUT2D eigenvalue weighted by atomic mass is 9.85. The van der Waals surface area contributed by atoms with Gasteiger partial charge < -0.3 is 21.3 Å². The Morgan fingerprint density at radius 1 is 1.10 bits per heavy atom. The minimum absolute atomic E-state index is 0.0200. The molecule has 4 N–H and O–H groups in total. The fourth-order valence-corrected chi connectivity index (χ4v) is 4.18. The quantitative estimate of drug-likeness (QED) is 0.511. The Kier molecular flexibility index (Phi) is 6.43. The predicted molar refractivity (Wildman–Crippen MR) is 106 cm³/mol. The first-order valence-electron chi connectivity index (χ1n) is 10.1. The first-order valence-corrected chi connectivity index (χ1v) is 10.1. The van der Waals surface area contributed by atoms with Gasteiger partial charge in [0.2, 0.25) is 0 Å². The predicted octanol–water partition coefficient (Wildman–Crippen LogP) is 4.10. The zero-order valence-corrected chi connectivity index (χ0v) is 16.5. The fraction of sp³-hybridized carbons (Fsp3) is 0.650. The van der Waals surface area contributed by atoms with Crippen LogP contribution < -0.4 is 21.3 Å². The van der Waals surface area contributed by atoms with Crippen LogP contribution >= 0.6 is 0 Å². The number of carbonyl (C=O) groups excluding carboxylic acids is 1. The number of hydrogen-bond acceptors (Lipinski definition) is 4. The van der Waals surface area contributed by atoms with Crippen molar-refractivity contribution in [2.75, 3.05) is 36.1 Å². The maximum Gasteiger partial charge on any atom is 0.391 e. The van der Waals surface area contributed by atoms with Crippen molar-refractivity contribution < 1.29 is 22.4 Å². The first-order chi connectivity index (χ1) is 13.7. The average molecular weight is 416 g/mol. The van der Waals surface area contributed by atoms with Crippen LogP contribution in [0.15, 0.2) is 12.1 Å². The number of carbonyl (C=O) groups is 1. The van der Waals surface area contributed by atoms with Gasteiger partial charge in [-0.2, -0.15) is 13.2 Å². The van der Waals surface area contributed by atoms with E-state index in [1.807, 2.05) is 4.90 Å². The van der Waals surface area contributed by atoms with Gasteiger partial charge >= 0.3 is 6.18 Å². The smallest absolute Gasteiger partial charge is 0.391 e. The van der Waals surface area contributed by atoms with Gasteiger partial charge in [0, 0.05) is 26.2 Å². The summed E-state index contributed by atoms with van der Waals surface area (Å²) < 4.78 is 52.1. The molecule has 1 heterocycles. The lowest BCUT2D eigenvalue weighted by Crippen LogP contribution is -2.41. The Morgan fingerprint density at radius 2 is 1.72 bits per heavy atom. The van der Waals surface area contributed by atoms with Gasteiger partial charge in [-0.1, -0.05) is 0 Å². The van der Waals surface area contributed by atoms with E-state index in [9.17, 15) is 22.4 Å². The van der Waals surface area contributed by atoms with Crippen LogP contribution in [0.25, 0.3) is 0 Å². The van der Waals surface area contributed by atoms with E-state index in [-0.39, 0.29) is 24.8 Å². The van der Waals surface area contributed by atoms with Gasteiger partial charge in [0.05, 0.1) is 28.5 Å². The van der Waals surface area contributed by atoms with Crippen molar-refractivity contribution in [2.24, 2.45) is 5.92 Å². The highest BCUT2D eigenvalue weighted by molar-refractivity contribution is 6.02. The maximum absolute atomic E-state index is 13.5. The number of alkyl halides is 4. The van der Waals surface area contributed by atoms with E-state index in [0.29, 0.717) is 61.4 Å². The molecule has 29 heavy (non-hydrogen) atoms. The molecular formula is C20H28F4N4O. The summed E-state index contributed by atoms with van der Waals surface area (Å²) in [6.45, 7) is 0.983. The van der Waals surface area contributed by atoms with Crippen LogP contribution in [0.2, 0.25) is 0 Å². The second-order valence-corrected chi connectivity index (χ2v) is 7.93.